The third kappa shape index (κ3) is 6.64. The van der Waals surface area contributed by atoms with Crippen LogP contribution in [0.5, 0.6) is 0 Å². The van der Waals surface area contributed by atoms with Crippen molar-refractivity contribution in [2.24, 2.45) is 5.92 Å². The van der Waals surface area contributed by atoms with Gasteiger partial charge in [-0.1, -0.05) is 18.6 Å². The number of carbonyl (C=O) groups excluding carboxylic acids is 1. The minimum absolute atomic E-state index is 0.101. The van der Waals surface area contributed by atoms with Gasteiger partial charge >= 0.3 is 6.03 Å². The van der Waals surface area contributed by atoms with Gasteiger partial charge in [-0.3, -0.25) is 0 Å². The van der Waals surface area contributed by atoms with Crippen molar-refractivity contribution < 1.29 is 9.90 Å². The number of allylic oxidation sites excluding steroid dienone is 1. The second kappa shape index (κ2) is 8.97. The predicted molar refractivity (Wildman–Crippen MR) is 73.4 cm³/mol. The standard InChI is InChI=1S/C14H26N2O2/c1-12(8-10-17)11-16-14(18)15-9-7-13-5-3-2-4-6-13/h5,12,17H,2-4,6-11H2,1H3,(H2,15,16,18). The molecule has 0 spiro atoms. The Kier molecular flexibility index (Phi) is 7.49. The minimum atomic E-state index is -0.101. The van der Waals surface area contributed by atoms with E-state index in [4.69, 9.17) is 5.11 Å². The first kappa shape index (κ1) is 15.0. The Balaban J connectivity index is 2.04. The molecule has 1 unspecified atom stereocenters. The molecule has 0 radical (unpaired) electrons. The van der Waals surface area contributed by atoms with Crippen LogP contribution in [0.3, 0.4) is 0 Å². The lowest BCUT2D eigenvalue weighted by Crippen LogP contribution is -2.38. The van der Waals surface area contributed by atoms with Gasteiger partial charge < -0.3 is 15.7 Å². The highest BCUT2D eigenvalue weighted by molar-refractivity contribution is 5.73. The summed E-state index contributed by atoms with van der Waals surface area (Å²) in [7, 11) is 0. The van der Waals surface area contributed by atoms with Crippen LogP contribution >= 0.6 is 0 Å². The van der Waals surface area contributed by atoms with Crippen molar-refractivity contribution in [3.63, 3.8) is 0 Å². The normalized spacial score (nSPS) is 16.9. The fourth-order valence-electron chi connectivity index (χ4n) is 2.12. The van der Waals surface area contributed by atoms with Gasteiger partial charge in [0.15, 0.2) is 0 Å². The first-order chi connectivity index (χ1) is 8.72. The Labute approximate surface area is 110 Å². The molecule has 104 valence electrons. The Morgan fingerprint density at radius 1 is 1.44 bits per heavy atom. The number of urea groups is 1. The van der Waals surface area contributed by atoms with E-state index in [9.17, 15) is 4.79 Å². The van der Waals surface area contributed by atoms with Crippen molar-refractivity contribution in [2.45, 2.75) is 45.4 Å². The summed E-state index contributed by atoms with van der Waals surface area (Å²) in [5, 5.41) is 14.5. The molecule has 2 amide bonds. The van der Waals surface area contributed by atoms with E-state index in [0.29, 0.717) is 19.0 Å². The fraction of sp³-hybridized carbons (Fsp3) is 0.786. The molecule has 4 heteroatoms. The van der Waals surface area contributed by atoms with Crippen LogP contribution in [0.4, 0.5) is 4.79 Å². The lowest BCUT2D eigenvalue weighted by molar-refractivity contribution is 0.234. The Morgan fingerprint density at radius 3 is 2.94 bits per heavy atom. The van der Waals surface area contributed by atoms with E-state index in [-0.39, 0.29) is 12.6 Å². The van der Waals surface area contributed by atoms with Gasteiger partial charge in [-0.15, -0.1) is 0 Å². The topological polar surface area (TPSA) is 61.4 Å². The van der Waals surface area contributed by atoms with Crippen LogP contribution < -0.4 is 10.6 Å². The molecule has 0 aromatic rings. The summed E-state index contributed by atoms with van der Waals surface area (Å²) in [6.45, 7) is 3.53. The number of aliphatic hydroxyl groups is 1. The number of hydrogen-bond acceptors (Lipinski definition) is 2. The smallest absolute Gasteiger partial charge is 0.314 e. The first-order valence-electron chi connectivity index (χ1n) is 7.03. The average molecular weight is 254 g/mol. The summed E-state index contributed by atoms with van der Waals surface area (Å²) in [6.07, 6.45) is 8.99. The molecule has 3 N–H and O–H groups in total. The number of nitrogens with one attached hydrogen (secondary N) is 2. The van der Waals surface area contributed by atoms with Crippen LogP contribution in [0.1, 0.15) is 45.4 Å². The quantitative estimate of drug-likeness (QED) is 0.610. The molecule has 0 heterocycles. The Hall–Kier alpha value is -1.03. The van der Waals surface area contributed by atoms with E-state index in [1.807, 2.05) is 6.92 Å². The number of rotatable bonds is 7. The summed E-state index contributed by atoms with van der Waals surface area (Å²) in [6, 6.07) is -0.101. The Bertz CT molecular complexity index is 277. The van der Waals surface area contributed by atoms with Gasteiger partial charge in [0, 0.05) is 19.7 Å². The van der Waals surface area contributed by atoms with Crippen molar-refractivity contribution in [2.75, 3.05) is 19.7 Å². The highest BCUT2D eigenvalue weighted by Crippen LogP contribution is 2.19. The number of amides is 2. The number of carbonyl (C=O) groups is 1. The summed E-state index contributed by atoms with van der Waals surface area (Å²) in [4.78, 5) is 11.5. The molecule has 1 aliphatic carbocycles. The van der Waals surface area contributed by atoms with Crippen molar-refractivity contribution >= 4 is 6.03 Å². The number of hydrogen-bond donors (Lipinski definition) is 3. The molecule has 0 saturated carbocycles. The number of aliphatic hydroxyl groups excluding tert-OH is 1. The van der Waals surface area contributed by atoms with Crippen molar-refractivity contribution in [3.8, 4) is 0 Å². The summed E-state index contributed by atoms with van der Waals surface area (Å²) < 4.78 is 0. The zero-order chi connectivity index (χ0) is 13.2. The highest BCUT2D eigenvalue weighted by atomic mass is 16.3. The van der Waals surface area contributed by atoms with Gasteiger partial charge in [-0.05, 0) is 44.4 Å². The van der Waals surface area contributed by atoms with E-state index in [0.717, 1.165) is 12.8 Å². The van der Waals surface area contributed by atoms with Gasteiger partial charge in [-0.2, -0.15) is 0 Å². The molecule has 0 aliphatic heterocycles. The van der Waals surface area contributed by atoms with E-state index in [1.165, 1.54) is 31.3 Å². The molecule has 1 atom stereocenters. The SMILES string of the molecule is CC(CCO)CNC(=O)NCCC1=CCCCC1. The third-order valence-electron chi connectivity index (χ3n) is 3.35. The van der Waals surface area contributed by atoms with Gasteiger partial charge in [0.2, 0.25) is 0 Å². The van der Waals surface area contributed by atoms with Gasteiger partial charge in [0.1, 0.15) is 0 Å². The van der Waals surface area contributed by atoms with Crippen LogP contribution in [0, 0.1) is 5.92 Å². The zero-order valence-electron chi connectivity index (χ0n) is 11.4. The molecule has 0 aromatic carbocycles. The third-order valence-corrected chi connectivity index (χ3v) is 3.35. The lowest BCUT2D eigenvalue weighted by atomic mass is 9.97. The molecule has 0 bridgehead atoms. The summed E-state index contributed by atoms with van der Waals surface area (Å²) in [5.74, 6) is 0.321. The van der Waals surface area contributed by atoms with E-state index < -0.39 is 0 Å². The van der Waals surface area contributed by atoms with Crippen molar-refractivity contribution in [1.29, 1.82) is 0 Å². The van der Waals surface area contributed by atoms with Crippen molar-refractivity contribution in [1.82, 2.24) is 10.6 Å². The second-order valence-electron chi connectivity index (χ2n) is 5.11. The lowest BCUT2D eigenvalue weighted by Gasteiger charge is -2.14. The van der Waals surface area contributed by atoms with Crippen LogP contribution in [0.15, 0.2) is 11.6 Å². The van der Waals surface area contributed by atoms with Crippen LogP contribution in [0.2, 0.25) is 0 Å². The van der Waals surface area contributed by atoms with Gasteiger partial charge in [0.05, 0.1) is 0 Å². The molecule has 0 saturated heterocycles. The van der Waals surface area contributed by atoms with Gasteiger partial charge in [-0.25, -0.2) is 4.79 Å². The Morgan fingerprint density at radius 2 is 2.28 bits per heavy atom. The first-order valence-corrected chi connectivity index (χ1v) is 7.03. The maximum atomic E-state index is 11.5. The van der Waals surface area contributed by atoms with E-state index in [2.05, 4.69) is 16.7 Å². The molecule has 18 heavy (non-hydrogen) atoms. The molecule has 1 aliphatic rings. The van der Waals surface area contributed by atoms with Crippen molar-refractivity contribution in [3.05, 3.63) is 11.6 Å². The van der Waals surface area contributed by atoms with Gasteiger partial charge in [0.25, 0.3) is 0 Å². The molecular formula is C14H26N2O2. The maximum Gasteiger partial charge on any atom is 0.314 e. The van der Waals surface area contributed by atoms with E-state index in [1.54, 1.807) is 0 Å². The second-order valence-corrected chi connectivity index (χ2v) is 5.11. The molecule has 0 fully saturated rings. The predicted octanol–water partition coefficient (Wildman–Crippen LogP) is 2.19. The van der Waals surface area contributed by atoms with Crippen LogP contribution in [-0.2, 0) is 0 Å². The zero-order valence-corrected chi connectivity index (χ0v) is 11.4. The minimum Gasteiger partial charge on any atom is -0.396 e. The average Bonchev–Trinajstić information content (AvgIpc) is 2.38. The molecule has 1 rings (SSSR count). The summed E-state index contributed by atoms with van der Waals surface area (Å²) >= 11 is 0. The highest BCUT2D eigenvalue weighted by Gasteiger charge is 2.06. The summed E-state index contributed by atoms with van der Waals surface area (Å²) in [5.41, 5.74) is 1.48. The molecular weight excluding hydrogens is 228 g/mol. The molecule has 4 nitrogen and oxygen atoms in total. The van der Waals surface area contributed by atoms with Crippen LogP contribution in [0.25, 0.3) is 0 Å². The monoisotopic (exact) mass is 254 g/mol. The van der Waals surface area contributed by atoms with E-state index >= 15 is 0 Å². The van der Waals surface area contributed by atoms with Crippen LogP contribution in [-0.4, -0.2) is 30.8 Å². The largest absolute Gasteiger partial charge is 0.396 e. The fourth-order valence-corrected chi connectivity index (χ4v) is 2.12. The maximum absolute atomic E-state index is 11.5. The molecule has 0 aromatic heterocycles.